The molecular weight excluding hydrogens is 1640 g/mol. The number of benzene rings is 10. The molecule has 25 heteroatoms. The van der Waals surface area contributed by atoms with E-state index in [2.05, 4.69) is 434 Å². The molecule has 0 heterocycles. The summed E-state index contributed by atoms with van der Waals surface area (Å²) in [6.45, 7) is 47.8. The minimum Gasteiger partial charge on any atom is -0.433 e. The van der Waals surface area contributed by atoms with Crippen LogP contribution in [0.15, 0.2) is 303 Å². The molecule has 0 saturated carbocycles. The van der Waals surface area contributed by atoms with E-state index in [1.54, 1.807) is 0 Å². The monoisotopic (exact) mass is 1760 g/mol. The summed E-state index contributed by atoms with van der Waals surface area (Å²) in [4.78, 5) is 0. The highest BCUT2D eigenvalue weighted by atomic mass is 28.5. The topological polar surface area (TPSA) is 92.3 Å². The first-order valence-electron chi connectivity index (χ1n) is 40.9. The van der Waals surface area contributed by atoms with Gasteiger partial charge in [0.15, 0.2) is 84.6 Å². The van der Waals surface area contributed by atoms with Crippen molar-refractivity contribution < 1.29 is 41.2 Å². The van der Waals surface area contributed by atoms with Crippen LogP contribution in [0, 0.1) is 0 Å². The van der Waals surface area contributed by atoms with Crippen molar-refractivity contribution in [1.29, 1.82) is 0 Å². The maximum atomic E-state index is 8.30. The largest absolute Gasteiger partial charge is 0.433 e. The Balaban J connectivity index is 0.919. The van der Waals surface area contributed by atoms with E-state index in [0.717, 1.165) is 100 Å². The van der Waals surface area contributed by atoms with Gasteiger partial charge in [-0.1, -0.05) is 303 Å². The molecular formula is C88H128O10Si15. The summed E-state index contributed by atoms with van der Waals surface area (Å²) >= 11 is 0. The molecule has 0 spiro atoms. The quantitative estimate of drug-likeness (QED) is 0.0345. The summed E-state index contributed by atoms with van der Waals surface area (Å²) in [5.41, 5.74) is 0. The zero-order valence-electron chi connectivity index (χ0n) is 71.3. The smallest absolute Gasteiger partial charge is 0.386 e. The van der Waals surface area contributed by atoms with Crippen molar-refractivity contribution in [3.05, 3.63) is 303 Å². The molecule has 10 aromatic carbocycles. The third kappa shape index (κ3) is 24.2. The van der Waals surface area contributed by atoms with Crippen LogP contribution >= 0.6 is 0 Å². The molecule has 0 saturated heterocycles. The van der Waals surface area contributed by atoms with Gasteiger partial charge in [-0.2, -0.15) is 0 Å². The maximum Gasteiger partial charge on any atom is 0.386 e. The number of rotatable bonds is 42. The lowest BCUT2D eigenvalue weighted by Crippen LogP contribution is -2.71. The fourth-order valence-corrected chi connectivity index (χ4v) is 88.6. The third-order valence-electron chi connectivity index (χ3n) is 21.0. The molecule has 0 bridgehead atoms. The first-order valence-corrected chi connectivity index (χ1v) is 80.5. The normalized spacial score (nSPS) is 13.6. The van der Waals surface area contributed by atoms with Gasteiger partial charge in [-0.15, -0.1) is 0 Å². The first kappa shape index (κ1) is 90.4. The lowest BCUT2D eigenvalue weighted by atomic mass is 10.4. The maximum absolute atomic E-state index is 8.30. The van der Waals surface area contributed by atoms with Gasteiger partial charge in [-0.3, -0.25) is 0 Å². The van der Waals surface area contributed by atoms with Gasteiger partial charge in [-0.25, -0.2) is 0 Å². The Hall–Kier alpha value is -4.95. The van der Waals surface area contributed by atoms with Crippen molar-refractivity contribution in [3.8, 4) is 0 Å². The molecule has 0 amide bonds. The molecule has 0 radical (unpaired) electrons. The zero-order valence-corrected chi connectivity index (χ0v) is 86.6. The molecule has 0 aliphatic rings. The molecule has 0 unspecified atom stereocenters. The molecule has 113 heavy (non-hydrogen) atoms. The molecule has 10 rings (SSSR count). The predicted octanol–water partition coefficient (Wildman–Crippen LogP) is 17.0. The highest BCUT2D eigenvalue weighted by Gasteiger charge is 2.57. The Morgan fingerprint density at radius 3 is 0.363 bits per heavy atom. The van der Waals surface area contributed by atoms with Crippen molar-refractivity contribution in [2.75, 3.05) is 0 Å². The highest BCUT2D eigenvalue weighted by Crippen LogP contribution is 2.37. The van der Waals surface area contributed by atoms with Gasteiger partial charge in [0, 0.05) is 0 Å². The van der Waals surface area contributed by atoms with Gasteiger partial charge in [0.2, 0.25) is 0 Å². The Bertz CT molecular complexity index is 4070. The Kier molecular flexibility index (Phi) is 30.7. The fourth-order valence-electron chi connectivity index (χ4n) is 15.3. The summed E-state index contributed by atoms with van der Waals surface area (Å²) in [5, 5.41) is 11.5. The lowest BCUT2D eigenvalue weighted by Gasteiger charge is -2.46. The van der Waals surface area contributed by atoms with Crippen LogP contribution in [0.3, 0.4) is 0 Å². The Morgan fingerprint density at radius 1 is 0.159 bits per heavy atom. The molecule has 0 aliphatic heterocycles. The average molecular weight is 1770 g/mol. The second-order valence-electron chi connectivity index (χ2n) is 36.0. The Labute approximate surface area is 697 Å². The molecule has 0 aliphatic carbocycles. The van der Waals surface area contributed by atoms with Crippen LogP contribution in [0.4, 0.5) is 0 Å². The van der Waals surface area contributed by atoms with Gasteiger partial charge in [0.1, 0.15) is 0 Å². The van der Waals surface area contributed by atoms with E-state index < -0.39 is 127 Å². The van der Waals surface area contributed by atoms with Gasteiger partial charge in [-0.05, 0) is 231 Å². The Morgan fingerprint density at radius 2 is 0.257 bits per heavy atom. The minimum absolute atomic E-state index is 0.872. The van der Waals surface area contributed by atoms with E-state index in [1.807, 2.05) is 0 Å². The number of hydrogen-bond donors (Lipinski definition) is 0. The predicted molar refractivity (Wildman–Crippen MR) is 516 cm³/mol. The van der Waals surface area contributed by atoms with Gasteiger partial charge < -0.3 is 41.2 Å². The van der Waals surface area contributed by atoms with E-state index in [9.17, 15) is 0 Å². The van der Waals surface area contributed by atoms with Gasteiger partial charge in [0.05, 0.1) is 0 Å². The molecule has 10 aromatic rings. The van der Waals surface area contributed by atoms with Crippen LogP contribution in [0.5, 0.6) is 0 Å². The van der Waals surface area contributed by atoms with Gasteiger partial charge in [0.25, 0.3) is 0 Å². The summed E-state index contributed by atoms with van der Waals surface area (Å²) in [7, 11) is -40.9. The van der Waals surface area contributed by atoms with Crippen LogP contribution in [0.25, 0.3) is 0 Å². The standard InChI is InChI=1S/C88H128O10Si15/c1-99(2)89-109(79-51-31-21-32-52-79,80-53-33-22-34-54-80)91-101(5,6)71-73-103(9,10)93-111(83-59-39-25-40-60-83,84-61-41-26-42-62-84)95-105(13,14)75-77-107(17,18)97-113(87-67-47-29-48-68-87,88-69-49-30-50-70-88)98-108(19,20)78-76-106(15,16)96-112(85-63-43-27-44-64-85,86-65-45-28-46-66-86)94-104(11,12)74-72-102(7,8)92-110(90-100(3)4,81-55-35-23-36-56-81)82-57-37-24-38-58-82/h21-70,99-100H,71-78H2,1-20H3. The van der Waals surface area contributed by atoms with Gasteiger partial charge >= 0.3 is 42.8 Å². The molecule has 0 N–H and O–H groups in total. The SMILES string of the molecule is C[SiH](C)O[Si](O[Si](C)(C)CC[Si](C)(C)O[Si](O[Si](C)(C)CC[Si](C)(C)O[Si](O[Si](C)(C)CC[Si](C)(C)O[Si](O[Si](C)(C)CC[Si](C)(C)O[Si](O[SiH](C)C)(c1ccccc1)c1ccccc1)(c1ccccc1)c1ccccc1)(c1ccccc1)c1ccccc1)(c1ccccc1)c1ccccc1)(c1ccccc1)c1ccccc1. The van der Waals surface area contributed by atoms with E-state index >= 15 is 0 Å². The van der Waals surface area contributed by atoms with E-state index in [-0.39, 0.29) is 0 Å². The van der Waals surface area contributed by atoms with Crippen LogP contribution in [0.2, 0.25) is 179 Å². The summed E-state index contributed by atoms with van der Waals surface area (Å²) in [5.74, 6) is 0. The molecule has 600 valence electrons. The molecule has 0 atom stereocenters. The summed E-state index contributed by atoms with van der Waals surface area (Å²) in [6, 6.07) is 116. The summed E-state index contributed by atoms with van der Waals surface area (Å²) in [6.07, 6.45) is 0. The number of hydrogen-bond acceptors (Lipinski definition) is 10. The van der Waals surface area contributed by atoms with Crippen molar-refractivity contribution in [2.45, 2.75) is 179 Å². The van der Waals surface area contributed by atoms with Crippen LogP contribution in [-0.2, 0) is 41.2 Å². The van der Waals surface area contributed by atoms with Crippen molar-refractivity contribution in [3.63, 3.8) is 0 Å². The minimum atomic E-state index is -3.52. The van der Waals surface area contributed by atoms with Crippen LogP contribution < -0.4 is 51.9 Å². The fraction of sp³-hybridized carbons (Fsp3) is 0.318. The summed E-state index contributed by atoms with van der Waals surface area (Å²) < 4.78 is 79.7. The first-order chi connectivity index (χ1) is 53.4. The molecule has 0 aromatic heterocycles. The third-order valence-corrected chi connectivity index (χ3v) is 78.9. The van der Waals surface area contributed by atoms with Crippen LogP contribution in [0.1, 0.15) is 0 Å². The average Bonchev–Trinajstić information content (AvgIpc) is 0.760. The van der Waals surface area contributed by atoms with E-state index in [0.29, 0.717) is 0 Å². The molecule has 10 nitrogen and oxygen atoms in total. The molecule has 0 fully saturated rings. The second-order valence-corrected chi connectivity index (χ2v) is 92.7. The lowest BCUT2D eigenvalue weighted by molar-refractivity contribution is 0.396. The second kappa shape index (κ2) is 38.4. The zero-order chi connectivity index (χ0) is 81.5. The van der Waals surface area contributed by atoms with Crippen molar-refractivity contribution in [1.82, 2.24) is 0 Å². The van der Waals surface area contributed by atoms with E-state index in [1.165, 1.54) is 0 Å². The van der Waals surface area contributed by atoms with Crippen LogP contribution in [-0.4, -0.2) is 127 Å². The highest BCUT2D eigenvalue weighted by molar-refractivity contribution is 7.07. The van der Waals surface area contributed by atoms with E-state index in [4.69, 9.17) is 41.2 Å². The van der Waals surface area contributed by atoms with Crippen molar-refractivity contribution >= 4 is 179 Å². The van der Waals surface area contributed by atoms with Crippen molar-refractivity contribution in [2.24, 2.45) is 0 Å².